The molecule has 2 rings (SSSR count). The molecule has 2 heterocycles. The lowest BCUT2D eigenvalue weighted by Crippen LogP contribution is -2.44. The van der Waals surface area contributed by atoms with Crippen molar-refractivity contribution < 1.29 is 0 Å². The van der Waals surface area contributed by atoms with Crippen molar-refractivity contribution in [2.45, 2.75) is 38.6 Å². The molecule has 1 N–H and O–H groups in total. The Morgan fingerprint density at radius 3 is 3.06 bits per heavy atom. The third-order valence-electron chi connectivity index (χ3n) is 3.59. The van der Waals surface area contributed by atoms with Crippen molar-refractivity contribution in [2.75, 3.05) is 26.2 Å². The standard InChI is InChI=1S/C14H24N2S/c1-2-16(10-8-14-7-5-11-17-14)12-13-6-3-4-9-15-13/h5,7,11,13,15H,2-4,6,8-10,12H2,1H3. The van der Waals surface area contributed by atoms with Gasteiger partial charge in [-0.05, 0) is 43.8 Å². The van der Waals surface area contributed by atoms with Crippen molar-refractivity contribution in [3.05, 3.63) is 22.4 Å². The fourth-order valence-electron chi connectivity index (χ4n) is 2.49. The van der Waals surface area contributed by atoms with Crippen LogP contribution in [0.25, 0.3) is 0 Å². The molecule has 0 amide bonds. The lowest BCUT2D eigenvalue weighted by Gasteiger charge is -2.29. The van der Waals surface area contributed by atoms with Gasteiger partial charge in [0, 0.05) is 24.0 Å². The van der Waals surface area contributed by atoms with E-state index >= 15 is 0 Å². The maximum atomic E-state index is 3.64. The van der Waals surface area contributed by atoms with Crippen LogP contribution in [0, 0.1) is 0 Å². The van der Waals surface area contributed by atoms with Gasteiger partial charge in [0.1, 0.15) is 0 Å². The summed E-state index contributed by atoms with van der Waals surface area (Å²) in [5, 5.41) is 5.81. The van der Waals surface area contributed by atoms with Crippen molar-refractivity contribution in [1.82, 2.24) is 10.2 Å². The molecule has 0 radical (unpaired) electrons. The van der Waals surface area contributed by atoms with Gasteiger partial charge >= 0.3 is 0 Å². The lowest BCUT2D eigenvalue weighted by molar-refractivity contribution is 0.236. The predicted molar refractivity (Wildman–Crippen MR) is 75.8 cm³/mol. The molecule has 0 aliphatic carbocycles. The molecule has 0 bridgehead atoms. The molecule has 1 aliphatic rings. The highest BCUT2D eigenvalue weighted by atomic mass is 32.1. The minimum atomic E-state index is 0.729. The minimum Gasteiger partial charge on any atom is -0.313 e. The summed E-state index contributed by atoms with van der Waals surface area (Å²) < 4.78 is 0. The zero-order valence-electron chi connectivity index (χ0n) is 10.8. The highest BCUT2D eigenvalue weighted by Gasteiger charge is 2.15. The zero-order chi connectivity index (χ0) is 11.9. The Kier molecular flexibility index (Phi) is 5.49. The normalized spacial score (nSPS) is 20.9. The zero-order valence-corrected chi connectivity index (χ0v) is 11.6. The molecule has 0 spiro atoms. The molecule has 96 valence electrons. The molecule has 1 atom stereocenters. The van der Waals surface area contributed by atoms with E-state index in [4.69, 9.17) is 0 Å². The van der Waals surface area contributed by atoms with Crippen LogP contribution in [0.4, 0.5) is 0 Å². The Balaban J connectivity index is 1.72. The summed E-state index contributed by atoms with van der Waals surface area (Å²) >= 11 is 1.88. The summed E-state index contributed by atoms with van der Waals surface area (Å²) in [7, 11) is 0. The SMILES string of the molecule is CCN(CCc1cccs1)CC1CCCCN1. The third-order valence-corrected chi connectivity index (χ3v) is 4.53. The summed E-state index contributed by atoms with van der Waals surface area (Å²) in [6.07, 6.45) is 5.33. The molecule has 2 nitrogen and oxygen atoms in total. The van der Waals surface area contributed by atoms with Crippen LogP contribution in [0.2, 0.25) is 0 Å². The average Bonchev–Trinajstić information content (AvgIpc) is 2.89. The number of rotatable bonds is 6. The van der Waals surface area contributed by atoms with E-state index in [2.05, 4.69) is 34.7 Å². The van der Waals surface area contributed by atoms with Gasteiger partial charge in [-0.15, -0.1) is 11.3 Å². The molecule has 1 saturated heterocycles. The maximum absolute atomic E-state index is 3.64. The van der Waals surface area contributed by atoms with E-state index in [0.717, 1.165) is 6.04 Å². The number of likely N-dealkylation sites (N-methyl/N-ethyl adjacent to an activating group) is 1. The molecule has 0 saturated carbocycles. The van der Waals surface area contributed by atoms with Crippen molar-refractivity contribution in [1.29, 1.82) is 0 Å². The number of hydrogen-bond donors (Lipinski definition) is 1. The first-order valence-electron chi connectivity index (χ1n) is 6.86. The molecule has 1 aromatic heterocycles. The molecule has 1 fully saturated rings. The second-order valence-electron chi connectivity index (χ2n) is 4.87. The number of nitrogens with zero attached hydrogens (tertiary/aromatic N) is 1. The van der Waals surface area contributed by atoms with Crippen LogP contribution < -0.4 is 5.32 Å². The van der Waals surface area contributed by atoms with Crippen LogP contribution in [0.3, 0.4) is 0 Å². The molecule has 1 aliphatic heterocycles. The number of thiophene rings is 1. The van der Waals surface area contributed by atoms with Crippen molar-refractivity contribution in [3.63, 3.8) is 0 Å². The molecule has 3 heteroatoms. The van der Waals surface area contributed by atoms with Crippen molar-refractivity contribution in [2.24, 2.45) is 0 Å². The van der Waals surface area contributed by atoms with E-state index < -0.39 is 0 Å². The van der Waals surface area contributed by atoms with Gasteiger partial charge in [-0.25, -0.2) is 0 Å². The van der Waals surface area contributed by atoms with Gasteiger partial charge in [-0.2, -0.15) is 0 Å². The fourth-order valence-corrected chi connectivity index (χ4v) is 3.19. The molecule has 1 unspecified atom stereocenters. The van der Waals surface area contributed by atoms with Crippen LogP contribution in [0.5, 0.6) is 0 Å². The summed E-state index contributed by atoms with van der Waals surface area (Å²) in [4.78, 5) is 4.10. The third kappa shape index (κ3) is 4.41. The Morgan fingerprint density at radius 1 is 1.47 bits per heavy atom. The lowest BCUT2D eigenvalue weighted by atomic mass is 10.0. The largest absolute Gasteiger partial charge is 0.313 e. The first kappa shape index (κ1) is 13.1. The summed E-state index contributed by atoms with van der Waals surface area (Å²) in [6, 6.07) is 5.13. The summed E-state index contributed by atoms with van der Waals surface area (Å²) in [6.45, 7) is 7.09. The van der Waals surface area contributed by atoms with Crippen LogP contribution in [-0.4, -0.2) is 37.1 Å². The van der Waals surface area contributed by atoms with Crippen LogP contribution in [-0.2, 0) is 6.42 Å². The molecule has 17 heavy (non-hydrogen) atoms. The highest BCUT2D eigenvalue weighted by molar-refractivity contribution is 7.09. The Bertz CT molecular complexity index is 291. The van der Waals surface area contributed by atoms with Gasteiger partial charge < -0.3 is 10.2 Å². The van der Waals surface area contributed by atoms with E-state index in [1.165, 1.54) is 56.7 Å². The van der Waals surface area contributed by atoms with E-state index in [-0.39, 0.29) is 0 Å². The van der Waals surface area contributed by atoms with Crippen LogP contribution in [0.15, 0.2) is 17.5 Å². The molecule has 1 aromatic rings. The molecule has 0 aromatic carbocycles. The monoisotopic (exact) mass is 252 g/mol. The second-order valence-corrected chi connectivity index (χ2v) is 5.90. The van der Waals surface area contributed by atoms with Gasteiger partial charge in [0.15, 0.2) is 0 Å². The van der Waals surface area contributed by atoms with E-state index in [1.54, 1.807) is 0 Å². The Labute approximate surface area is 109 Å². The van der Waals surface area contributed by atoms with Crippen molar-refractivity contribution >= 4 is 11.3 Å². The Morgan fingerprint density at radius 2 is 2.41 bits per heavy atom. The number of piperidine rings is 1. The first-order valence-corrected chi connectivity index (χ1v) is 7.74. The van der Waals surface area contributed by atoms with Gasteiger partial charge in [0.25, 0.3) is 0 Å². The van der Waals surface area contributed by atoms with Crippen LogP contribution >= 0.6 is 11.3 Å². The fraction of sp³-hybridized carbons (Fsp3) is 0.714. The average molecular weight is 252 g/mol. The van der Waals surface area contributed by atoms with Gasteiger partial charge in [-0.1, -0.05) is 19.4 Å². The van der Waals surface area contributed by atoms with Gasteiger partial charge in [0.05, 0.1) is 0 Å². The summed E-state index contributed by atoms with van der Waals surface area (Å²) in [5.74, 6) is 0. The Hall–Kier alpha value is -0.380. The summed E-state index contributed by atoms with van der Waals surface area (Å²) in [5.41, 5.74) is 0. The van der Waals surface area contributed by atoms with E-state index in [1.807, 2.05) is 11.3 Å². The van der Waals surface area contributed by atoms with E-state index in [0.29, 0.717) is 0 Å². The highest BCUT2D eigenvalue weighted by Crippen LogP contribution is 2.12. The smallest absolute Gasteiger partial charge is 0.0195 e. The quantitative estimate of drug-likeness (QED) is 0.837. The molecular formula is C14H24N2S. The van der Waals surface area contributed by atoms with Crippen LogP contribution in [0.1, 0.15) is 31.1 Å². The molecular weight excluding hydrogens is 228 g/mol. The maximum Gasteiger partial charge on any atom is 0.0195 e. The minimum absolute atomic E-state index is 0.729. The topological polar surface area (TPSA) is 15.3 Å². The van der Waals surface area contributed by atoms with Crippen molar-refractivity contribution in [3.8, 4) is 0 Å². The predicted octanol–water partition coefficient (Wildman–Crippen LogP) is 2.75. The van der Waals surface area contributed by atoms with Gasteiger partial charge in [0.2, 0.25) is 0 Å². The second kappa shape index (κ2) is 7.14. The van der Waals surface area contributed by atoms with E-state index in [9.17, 15) is 0 Å². The van der Waals surface area contributed by atoms with Gasteiger partial charge in [-0.3, -0.25) is 0 Å². The number of hydrogen-bond acceptors (Lipinski definition) is 3. The first-order chi connectivity index (χ1) is 8.38. The number of nitrogens with one attached hydrogen (secondary N) is 1.